The topological polar surface area (TPSA) is 50.4 Å². The normalized spacial score (nSPS) is 9.76. The van der Waals surface area contributed by atoms with E-state index in [0.29, 0.717) is 0 Å². The second-order valence-corrected chi connectivity index (χ2v) is 3.83. The predicted octanol–water partition coefficient (Wildman–Crippen LogP) is 3.47. The molecule has 0 aliphatic carbocycles. The quantitative estimate of drug-likeness (QED) is 0.743. The monoisotopic (exact) mass is 236 g/mol. The van der Waals surface area contributed by atoms with Gasteiger partial charge in [0.25, 0.3) is 0 Å². The van der Waals surface area contributed by atoms with E-state index in [9.17, 15) is 4.79 Å². The molecule has 1 amide bonds. The van der Waals surface area contributed by atoms with Gasteiger partial charge in [0.05, 0.1) is 7.11 Å². The zero-order chi connectivity index (χ0) is 12.5. The van der Waals surface area contributed by atoms with Crippen LogP contribution in [0.15, 0.2) is 24.3 Å². The average molecular weight is 236 g/mol. The van der Waals surface area contributed by atoms with Crippen molar-refractivity contribution in [3.8, 4) is 0 Å². The van der Waals surface area contributed by atoms with Gasteiger partial charge in [-0.2, -0.15) is 0 Å². The van der Waals surface area contributed by atoms with E-state index >= 15 is 0 Å². The molecule has 0 bridgehead atoms. The van der Waals surface area contributed by atoms with Crippen molar-refractivity contribution in [1.82, 2.24) is 0 Å². The summed E-state index contributed by atoms with van der Waals surface area (Å²) in [6.07, 6.45) is 3.20. The second-order valence-electron chi connectivity index (χ2n) is 3.83. The van der Waals surface area contributed by atoms with E-state index in [0.717, 1.165) is 17.9 Å². The highest BCUT2D eigenvalue weighted by Crippen LogP contribution is 2.13. The number of hydrogen-bond acceptors (Lipinski definition) is 3. The summed E-state index contributed by atoms with van der Waals surface area (Å²) in [7, 11) is 1.35. The maximum absolute atomic E-state index is 11.0. The fourth-order valence-corrected chi connectivity index (χ4v) is 1.45. The fourth-order valence-electron chi connectivity index (χ4n) is 1.45. The molecule has 0 saturated carbocycles. The van der Waals surface area contributed by atoms with Gasteiger partial charge in [-0.05, 0) is 30.7 Å². The van der Waals surface area contributed by atoms with Crippen LogP contribution in [-0.4, -0.2) is 19.7 Å². The molecule has 1 aromatic rings. The minimum atomic E-state index is -0.450. The summed E-state index contributed by atoms with van der Waals surface area (Å²) in [6, 6.07) is 7.58. The first-order valence-corrected chi connectivity index (χ1v) is 5.95. The van der Waals surface area contributed by atoms with Crippen molar-refractivity contribution in [1.29, 1.82) is 0 Å². The zero-order valence-corrected chi connectivity index (χ0v) is 10.5. The lowest BCUT2D eigenvalue weighted by atomic mass is 10.2. The van der Waals surface area contributed by atoms with Crippen LogP contribution in [0.3, 0.4) is 0 Å². The molecule has 17 heavy (non-hydrogen) atoms. The number of unbranched alkanes of at least 4 members (excludes halogenated alkanes) is 2. The van der Waals surface area contributed by atoms with Crippen molar-refractivity contribution in [2.24, 2.45) is 0 Å². The lowest BCUT2D eigenvalue weighted by Crippen LogP contribution is -2.10. The molecule has 0 heterocycles. The number of hydrogen-bond donors (Lipinski definition) is 2. The van der Waals surface area contributed by atoms with Crippen molar-refractivity contribution in [2.75, 3.05) is 24.3 Å². The largest absolute Gasteiger partial charge is 0.453 e. The fraction of sp³-hybridized carbons (Fsp3) is 0.462. The number of anilines is 2. The van der Waals surface area contributed by atoms with E-state index < -0.39 is 6.09 Å². The number of methoxy groups -OCH3 is 1. The molecular formula is C13H20N2O2. The Labute approximate surface area is 102 Å². The first-order chi connectivity index (χ1) is 8.26. The molecule has 4 heteroatoms. The molecular weight excluding hydrogens is 216 g/mol. The highest BCUT2D eigenvalue weighted by atomic mass is 16.5. The first kappa shape index (κ1) is 13.4. The summed E-state index contributed by atoms with van der Waals surface area (Å²) in [4.78, 5) is 11.0. The average Bonchev–Trinajstić information content (AvgIpc) is 2.36. The van der Waals surface area contributed by atoms with Crippen LogP contribution in [0.2, 0.25) is 0 Å². The molecule has 2 N–H and O–H groups in total. The predicted molar refractivity (Wildman–Crippen MR) is 70.5 cm³/mol. The Kier molecular flexibility index (Phi) is 5.93. The number of benzene rings is 1. The third-order valence-electron chi connectivity index (χ3n) is 2.43. The summed E-state index contributed by atoms with van der Waals surface area (Å²) >= 11 is 0. The van der Waals surface area contributed by atoms with Gasteiger partial charge in [0.1, 0.15) is 0 Å². The lowest BCUT2D eigenvalue weighted by molar-refractivity contribution is 0.187. The van der Waals surface area contributed by atoms with Gasteiger partial charge in [-0.15, -0.1) is 0 Å². The summed E-state index contributed by atoms with van der Waals surface area (Å²) in [5, 5.41) is 5.94. The van der Waals surface area contributed by atoms with Crippen molar-refractivity contribution < 1.29 is 9.53 Å². The molecule has 0 unspecified atom stereocenters. The Hall–Kier alpha value is -1.71. The molecule has 0 atom stereocenters. The third kappa shape index (κ3) is 5.24. The summed E-state index contributed by atoms with van der Waals surface area (Å²) < 4.78 is 4.51. The zero-order valence-electron chi connectivity index (χ0n) is 10.5. The van der Waals surface area contributed by atoms with Crippen LogP contribution < -0.4 is 10.6 Å². The summed E-state index contributed by atoms with van der Waals surface area (Å²) in [6.45, 7) is 3.17. The minimum Gasteiger partial charge on any atom is -0.453 e. The van der Waals surface area contributed by atoms with Crippen molar-refractivity contribution in [3.05, 3.63) is 24.3 Å². The first-order valence-electron chi connectivity index (χ1n) is 5.95. The Morgan fingerprint density at radius 1 is 1.18 bits per heavy atom. The molecule has 1 rings (SSSR count). The molecule has 4 nitrogen and oxygen atoms in total. The van der Waals surface area contributed by atoms with Crippen LogP contribution >= 0.6 is 0 Å². The lowest BCUT2D eigenvalue weighted by Gasteiger charge is -2.07. The molecule has 1 aromatic carbocycles. The number of nitrogens with one attached hydrogen (secondary N) is 2. The number of carbonyl (C=O) groups excluding carboxylic acids is 1. The standard InChI is InChI=1S/C13H20N2O2/c1-3-4-5-10-14-11-6-8-12(9-7-11)15-13(16)17-2/h6-9,14H,3-5,10H2,1-2H3,(H,15,16). The number of ether oxygens (including phenoxy) is 1. The minimum absolute atomic E-state index is 0.450. The highest BCUT2D eigenvalue weighted by Gasteiger charge is 1.99. The van der Waals surface area contributed by atoms with Crippen molar-refractivity contribution in [2.45, 2.75) is 26.2 Å². The molecule has 0 aliphatic rings. The Morgan fingerprint density at radius 3 is 2.41 bits per heavy atom. The van der Waals surface area contributed by atoms with Crippen molar-refractivity contribution in [3.63, 3.8) is 0 Å². The molecule has 0 spiro atoms. The SMILES string of the molecule is CCCCCNc1ccc(NC(=O)OC)cc1. The maximum Gasteiger partial charge on any atom is 0.411 e. The van der Waals surface area contributed by atoms with Gasteiger partial charge in [0.15, 0.2) is 0 Å². The summed E-state index contributed by atoms with van der Waals surface area (Å²) in [5.41, 5.74) is 1.80. The van der Waals surface area contributed by atoms with Gasteiger partial charge >= 0.3 is 6.09 Å². The maximum atomic E-state index is 11.0. The Balaban J connectivity index is 2.36. The van der Waals surface area contributed by atoms with Gasteiger partial charge in [0, 0.05) is 17.9 Å². The molecule has 0 aromatic heterocycles. The van der Waals surface area contributed by atoms with Crippen molar-refractivity contribution >= 4 is 17.5 Å². The Bertz CT molecular complexity index is 336. The van der Waals surface area contributed by atoms with E-state index in [-0.39, 0.29) is 0 Å². The second kappa shape index (κ2) is 7.54. The third-order valence-corrected chi connectivity index (χ3v) is 2.43. The van der Waals surface area contributed by atoms with Crippen LogP contribution in [0.25, 0.3) is 0 Å². The van der Waals surface area contributed by atoms with Gasteiger partial charge in [-0.25, -0.2) is 4.79 Å². The van der Waals surface area contributed by atoms with E-state index in [1.807, 2.05) is 24.3 Å². The van der Waals surface area contributed by atoms with Gasteiger partial charge < -0.3 is 10.1 Å². The number of rotatable bonds is 6. The Morgan fingerprint density at radius 2 is 1.82 bits per heavy atom. The number of amides is 1. The van der Waals surface area contributed by atoms with E-state index in [1.54, 1.807) is 0 Å². The highest BCUT2D eigenvalue weighted by molar-refractivity contribution is 5.84. The van der Waals surface area contributed by atoms with Crippen LogP contribution in [0, 0.1) is 0 Å². The van der Waals surface area contributed by atoms with E-state index in [1.165, 1.54) is 26.4 Å². The van der Waals surface area contributed by atoms with E-state index in [4.69, 9.17) is 0 Å². The van der Waals surface area contributed by atoms with E-state index in [2.05, 4.69) is 22.3 Å². The van der Waals surface area contributed by atoms with Crippen LogP contribution in [0.1, 0.15) is 26.2 Å². The summed E-state index contributed by atoms with van der Waals surface area (Å²) in [5.74, 6) is 0. The molecule has 0 saturated heterocycles. The number of carbonyl (C=O) groups is 1. The molecule has 94 valence electrons. The molecule has 0 fully saturated rings. The molecule has 0 radical (unpaired) electrons. The van der Waals surface area contributed by atoms with Crippen LogP contribution in [-0.2, 0) is 4.74 Å². The smallest absolute Gasteiger partial charge is 0.411 e. The molecule has 0 aliphatic heterocycles. The van der Waals surface area contributed by atoms with Gasteiger partial charge in [-0.1, -0.05) is 19.8 Å². The van der Waals surface area contributed by atoms with Crippen LogP contribution in [0.4, 0.5) is 16.2 Å². The van der Waals surface area contributed by atoms with Gasteiger partial charge in [0.2, 0.25) is 0 Å². The van der Waals surface area contributed by atoms with Crippen LogP contribution in [0.5, 0.6) is 0 Å². The van der Waals surface area contributed by atoms with Gasteiger partial charge in [-0.3, -0.25) is 5.32 Å².